The molecule has 28 heavy (non-hydrogen) atoms. The Kier molecular flexibility index (Phi) is 6.27. The topological polar surface area (TPSA) is 50.3 Å². The fourth-order valence-corrected chi connectivity index (χ4v) is 3.56. The van der Waals surface area contributed by atoms with E-state index < -0.39 is 0 Å². The average Bonchev–Trinajstić information content (AvgIpc) is 2.75. The molecule has 1 aromatic heterocycles. The summed E-state index contributed by atoms with van der Waals surface area (Å²) in [5.74, 6) is 0.767. The van der Waals surface area contributed by atoms with Gasteiger partial charge in [0.15, 0.2) is 0 Å². The second-order valence-electron chi connectivity index (χ2n) is 7.20. The van der Waals surface area contributed by atoms with Gasteiger partial charge in [-0.1, -0.05) is 42.5 Å². The minimum absolute atomic E-state index is 0.374. The summed E-state index contributed by atoms with van der Waals surface area (Å²) in [6.07, 6.45) is 5.72. The van der Waals surface area contributed by atoms with Gasteiger partial charge in [0.2, 0.25) is 0 Å². The molecule has 0 bridgehead atoms. The molecule has 5 heteroatoms. The summed E-state index contributed by atoms with van der Waals surface area (Å²) >= 11 is 0. The Labute approximate surface area is 166 Å². The Morgan fingerprint density at radius 1 is 0.893 bits per heavy atom. The van der Waals surface area contributed by atoms with Crippen LogP contribution in [0.15, 0.2) is 73.1 Å². The lowest BCUT2D eigenvalue weighted by Crippen LogP contribution is -2.41. The molecule has 0 radical (unpaired) electrons. The maximum atomic E-state index is 5.72. The zero-order valence-corrected chi connectivity index (χ0v) is 16.0. The third-order valence-corrected chi connectivity index (χ3v) is 5.08. The third-order valence-electron chi connectivity index (χ3n) is 5.08. The third kappa shape index (κ3) is 5.38. The number of piperidine rings is 1. The van der Waals surface area contributed by atoms with E-state index in [0.717, 1.165) is 31.9 Å². The van der Waals surface area contributed by atoms with E-state index >= 15 is 0 Å². The summed E-state index contributed by atoms with van der Waals surface area (Å²) < 4.78 is 5.72. The molecule has 1 saturated heterocycles. The highest BCUT2D eigenvalue weighted by atomic mass is 16.5. The summed E-state index contributed by atoms with van der Waals surface area (Å²) in [5.41, 5.74) is 2.60. The number of nitrogens with one attached hydrogen (secondary N) is 1. The van der Waals surface area contributed by atoms with Crippen molar-refractivity contribution in [2.45, 2.75) is 32.0 Å². The van der Waals surface area contributed by atoms with Crippen molar-refractivity contribution in [2.24, 2.45) is 0 Å². The van der Waals surface area contributed by atoms with Crippen LogP contribution in [0.2, 0.25) is 0 Å². The van der Waals surface area contributed by atoms with Crippen molar-refractivity contribution in [1.29, 1.82) is 0 Å². The van der Waals surface area contributed by atoms with Crippen LogP contribution in [0, 0.1) is 0 Å². The first-order valence-corrected chi connectivity index (χ1v) is 9.89. The predicted octanol–water partition coefficient (Wildman–Crippen LogP) is 4.02. The summed E-state index contributed by atoms with van der Waals surface area (Å²) in [4.78, 5) is 10.8. The summed E-state index contributed by atoms with van der Waals surface area (Å²) in [7, 11) is 0. The van der Waals surface area contributed by atoms with Crippen LogP contribution >= 0.6 is 0 Å². The molecule has 3 aromatic rings. The van der Waals surface area contributed by atoms with Crippen molar-refractivity contribution >= 4 is 0 Å². The average molecular weight is 374 g/mol. The van der Waals surface area contributed by atoms with Gasteiger partial charge in [-0.25, -0.2) is 9.97 Å². The first-order chi connectivity index (χ1) is 13.8. The lowest BCUT2D eigenvalue weighted by atomic mass is 10.0. The van der Waals surface area contributed by atoms with Gasteiger partial charge in [0.1, 0.15) is 5.75 Å². The molecule has 0 atom stereocenters. The van der Waals surface area contributed by atoms with Crippen molar-refractivity contribution in [3.8, 4) is 11.8 Å². The zero-order valence-electron chi connectivity index (χ0n) is 16.0. The Balaban J connectivity index is 1.24. The fraction of sp³-hybridized carbons (Fsp3) is 0.304. The van der Waals surface area contributed by atoms with E-state index in [2.05, 4.69) is 56.6 Å². The molecule has 2 heterocycles. The Hall–Kier alpha value is -2.76. The van der Waals surface area contributed by atoms with Gasteiger partial charge in [0.05, 0.1) is 0 Å². The van der Waals surface area contributed by atoms with Gasteiger partial charge < -0.3 is 10.1 Å². The highest BCUT2D eigenvalue weighted by Crippen LogP contribution is 2.19. The zero-order chi connectivity index (χ0) is 19.0. The van der Waals surface area contributed by atoms with Crippen molar-refractivity contribution in [2.75, 3.05) is 13.1 Å². The number of hydrogen-bond acceptors (Lipinski definition) is 5. The minimum Gasteiger partial charge on any atom is -0.424 e. The van der Waals surface area contributed by atoms with Gasteiger partial charge in [-0.3, -0.25) is 4.90 Å². The number of aromatic nitrogens is 2. The molecular formula is C23H26N4O. The maximum absolute atomic E-state index is 5.72. The van der Waals surface area contributed by atoms with Gasteiger partial charge in [0, 0.05) is 31.5 Å². The van der Waals surface area contributed by atoms with Crippen LogP contribution in [0.1, 0.15) is 24.0 Å². The second-order valence-corrected chi connectivity index (χ2v) is 7.20. The normalized spacial score (nSPS) is 15.4. The first kappa shape index (κ1) is 18.6. The number of likely N-dealkylation sites (tertiary alicyclic amines) is 1. The van der Waals surface area contributed by atoms with Crippen LogP contribution in [0.3, 0.4) is 0 Å². The van der Waals surface area contributed by atoms with E-state index in [9.17, 15) is 0 Å². The number of rotatable bonds is 7. The van der Waals surface area contributed by atoms with Gasteiger partial charge in [0.25, 0.3) is 0 Å². The van der Waals surface area contributed by atoms with E-state index in [-0.39, 0.29) is 0 Å². The van der Waals surface area contributed by atoms with E-state index in [1.807, 2.05) is 18.2 Å². The Bertz CT molecular complexity index is 849. The van der Waals surface area contributed by atoms with Crippen molar-refractivity contribution < 1.29 is 4.74 Å². The Morgan fingerprint density at radius 2 is 1.64 bits per heavy atom. The molecular weight excluding hydrogens is 348 g/mol. The number of ether oxygens (including phenoxy) is 1. The number of nitrogens with zero attached hydrogens (tertiary/aromatic N) is 3. The molecule has 0 spiro atoms. The molecule has 1 aliphatic heterocycles. The smallest absolute Gasteiger partial charge is 0.321 e. The molecule has 1 fully saturated rings. The lowest BCUT2D eigenvalue weighted by molar-refractivity contribution is 0.190. The molecule has 4 rings (SSSR count). The quantitative estimate of drug-likeness (QED) is 0.677. The van der Waals surface area contributed by atoms with Gasteiger partial charge >= 0.3 is 6.01 Å². The number of benzene rings is 2. The monoisotopic (exact) mass is 374 g/mol. The molecule has 0 saturated carbocycles. The van der Waals surface area contributed by atoms with E-state index in [4.69, 9.17) is 4.74 Å². The van der Waals surface area contributed by atoms with Crippen LogP contribution < -0.4 is 10.1 Å². The van der Waals surface area contributed by atoms with Crippen LogP contribution in [-0.4, -0.2) is 34.0 Å². The van der Waals surface area contributed by atoms with Crippen LogP contribution in [0.25, 0.3) is 0 Å². The molecule has 0 amide bonds. The highest BCUT2D eigenvalue weighted by Gasteiger charge is 2.18. The lowest BCUT2D eigenvalue weighted by Gasteiger charge is -2.32. The van der Waals surface area contributed by atoms with Crippen molar-refractivity contribution in [3.63, 3.8) is 0 Å². The minimum atomic E-state index is 0.374. The maximum Gasteiger partial charge on any atom is 0.321 e. The molecule has 2 aromatic carbocycles. The van der Waals surface area contributed by atoms with Crippen molar-refractivity contribution in [1.82, 2.24) is 20.2 Å². The first-order valence-electron chi connectivity index (χ1n) is 9.89. The van der Waals surface area contributed by atoms with Gasteiger partial charge in [-0.15, -0.1) is 0 Å². The molecule has 1 N–H and O–H groups in total. The fourth-order valence-electron chi connectivity index (χ4n) is 3.56. The number of hydrogen-bond donors (Lipinski definition) is 1. The largest absolute Gasteiger partial charge is 0.424 e. The molecule has 0 unspecified atom stereocenters. The van der Waals surface area contributed by atoms with Gasteiger partial charge in [-0.2, -0.15) is 0 Å². The van der Waals surface area contributed by atoms with Crippen LogP contribution in [-0.2, 0) is 13.1 Å². The SMILES string of the molecule is c1ccc(CN2CCC(NCc3cccc(Oc4ncccn4)c3)CC2)cc1. The van der Waals surface area contributed by atoms with E-state index in [1.165, 1.54) is 24.0 Å². The van der Waals surface area contributed by atoms with Crippen molar-refractivity contribution in [3.05, 3.63) is 84.2 Å². The van der Waals surface area contributed by atoms with E-state index in [0.29, 0.717) is 12.1 Å². The summed E-state index contributed by atoms with van der Waals surface area (Å²) in [6, 6.07) is 21.6. The van der Waals surface area contributed by atoms with Crippen LogP contribution in [0.4, 0.5) is 0 Å². The van der Waals surface area contributed by atoms with Gasteiger partial charge in [-0.05, 0) is 55.3 Å². The molecule has 5 nitrogen and oxygen atoms in total. The second kappa shape index (κ2) is 9.44. The van der Waals surface area contributed by atoms with Crippen LogP contribution in [0.5, 0.6) is 11.8 Å². The molecule has 1 aliphatic rings. The standard InChI is InChI=1S/C23H26N4O/c1-2-6-19(7-3-1)18-27-14-10-21(11-15-27)26-17-20-8-4-9-22(16-20)28-23-24-12-5-13-25-23/h1-9,12-13,16,21,26H,10-11,14-15,17-18H2. The van der Waals surface area contributed by atoms with E-state index in [1.54, 1.807) is 18.5 Å². The summed E-state index contributed by atoms with van der Waals surface area (Å²) in [5, 5.41) is 3.70. The predicted molar refractivity (Wildman–Crippen MR) is 110 cm³/mol. The molecule has 0 aliphatic carbocycles. The highest BCUT2D eigenvalue weighted by molar-refractivity contribution is 5.30. The summed E-state index contributed by atoms with van der Waals surface area (Å²) in [6.45, 7) is 4.17. The Morgan fingerprint density at radius 3 is 2.43 bits per heavy atom. The molecule has 144 valence electrons.